The third kappa shape index (κ3) is 2.06. The Morgan fingerprint density at radius 3 is 2.47 bits per heavy atom. The SMILES string of the molecule is Cc1nn(C)c(CC2(C#N)CCC(C)(C)C2=O)c1Cl. The van der Waals surface area contributed by atoms with Crippen molar-refractivity contribution in [3.8, 4) is 6.07 Å². The minimum atomic E-state index is -0.951. The number of carbonyl (C=O) groups is 1. The number of hydrogen-bond donors (Lipinski definition) is 0. The highest BCUT2D eigenvalue weighted by Gasteiger charge is 2.52. The summed E-state index contributed by atoms with van der Waals surface area (Å²) in [4.78, 5) is 12.5. The number of aryl methyl sites for hydroxylation is 2. The smallest absolute Gasteiger partial charge is 0.159 e. The van der Waals surface area contributed by atoms with E-state index in [1.54, 1.807) is 11.7 Å². The Hall–Kier alpha value is -1.34. The number of halogens is 1. The van der Waals surface area contributed by atoms with E-state index in [4.69, 9.17) is 11.6 Å². The molecule has 0 saturated heterocycles. The van der Waals surface area contributed by atoms with Gasteiger partial charge in [0.25, 0.3) is 0 Å². The van der Waals surface area contributed by atoms with Crippen molar-refractivity contribution in [2.75, 3.05) is 0 Å². The lowest BCUT2D eigenvalue weighted by atomic mass is 9.78. The van der Waals surface area contributed by atoms with E-state index < -0.39 is 10.8 Å². The number of nitriles is 1. The first kappa shape index (κ1) is 14.1. The molecule has 0 radical (unpaired) electrons. The average Bonchev–Trinajstić information content (AvgIpc) is 2.72. The minimum Gasteiger partial charge on any atom is -0.297 e. The molecule has 0 amide bonds. The van der Waals surface area contributed by atoms with Gasteiger partial charge in [0.05, 0.1) is 22.5 Å². The summed E-state index contributed by atoms with van der Waals surface area (Å²) in [6.07, 6.45) is 1.69. The van der Waals surface area contributed by atoms with Gasteiger partial charge in [-0.15, -0.1) is 0 Å². The van der Waals surface area contributed by atoms with Crippen molar-refractivity contribution >= 4 is 17.4 Å². The minimum absolute atomic E-state index is 0.0254. The van der Waals surface area contributed by atoms with Crippen LogP contribution in [0.5, 0.6) is 0 Å². The monoisotopic (exact) mass is 279 g/mol. The normalized spacial score (nSPS) is 25.6. The standard InChI is InChI=1S/C14H18ClN3O/c1-9-11(15)10(18(4)17-9)7-14(8-16)6-5-13(2,3)12(14)19/h5-7H2,1-4H3. The Bertz CT molecular complexity index is 582. The molecule has 1 aliphatic carbocycles. The maximum atomic E-state index is 12.5. The van der Waals surface area contributed by atoms with Gasteiger partial charge in [-0.1, -0.05) is 25.4 Å². The Labute approximate surface area is 118 Å². The Morgan fingerprint density at radius 2 is 2.11 bits per heavy atom. The summed E-state index contributed by atoms with van der Waals surface area (Å²) < 4.78 is 1.68. The first-order valence-electron chi connectivity index (χ1n) is 6.38. The first-order valence-corrected chi connectivity index (χ1v) is 6.75. The van der Waals surface area contributed by atoms with Crippen LogP contribution >= 0.6 is 11.6 Å². The quantitative estimate of drug-likeness (QED) is 0.836. The lowest BCUT2D eigenvalue weighted by Gasteiger charge is -2.22. The molecule has 0 bridgehead atoms. The van der Waals surface area contributed by atoms with Gasteiger partial charge in [-0.05, 0) is 19.8 Å². The molecule has 1 saturated carbocycles. The molecule has 2 rings (SSSR count). The molecule has 0 aromatic carbocycles. The first-order chi connectivity index (χ1) is 8.73. The number of Topliss-reactive ketones (excluding diaryl/α,β-unsaturated/α-hetero) is 1. The van der Waals surface area contributed by atoms with Gasteiger partial charge in [-0.2, -0.15) is 10.4 Å². The molecule has 1 fully saturated rings. The number of aromatic nitrogens is 2. The van der Waals surface area contributed by atoms with Crippen molar-refractivity contribution in [3.05, 3.63) is 16.4 Å². The van der Waals surface area contributed by atoms with E-state index >= 15 is 0 Å². The van der Waals surface area contributed by atoms with E-state index in [9.17, 15) is 10.1 Å². The van der Waals surface area contributed by atoms with Crippen LogP contribution < -0.4 is 0 Å². The molecule has 102 valence electrons. The van der Waals surface area contributed by atoms with Crippen molar-refractivity contribution in [1.29, 1.82) is 5.26 Å². The highest BCUT2D eigenvalue weighted by Crippen LogP contribution is 2.47. The van der Waals surface area contributed by atoms with Crippen LogP contribution in [0.2, 0.25) is 5.02 Å². The zero-order valence-electron chi connectivity index (χ0n) is 11.7. The Balaban J connectivity index is 2.41. The molecule has 0 spiro atoms. The second-order valence-electron chi connectivity index (χ2n) is 6.05. The molecule has 1 heterocycles. The van der Waals surface area contributed by atoms with Gasteiger partial charge in [-0.3, -0.25) is 9.48 Å². The van der Waals surface area contributed by atoms with Crippen LogP contribution in [-0.2, 0) is 18.3 Å². The van der Waals surface area contributed by atoms with Crippen LogP contribution in [-0.4, -0.2) is 15.6 Å². The van der Waals surface area contributed by atoms with Crippen molar-refractivity contribution in [2.24, 2.45) is 17.9 Å². The van der Waals surface area contributed by atoms with Crippen LogP contribution in [0, 0.1) is 29.1 Å². The molecule has 0 N–H and O–H groups in total. The summed E-state index contributed by atoms with van der Waals surface area (Å²) in [6.45, 7) is 5.64. The van der Waals surface area contributed by atoms with Crippen LogP contribution in [0.4, 0.5) is 0 Å². The lowest BCUT2D eigenvalue weighted by Crippen LogP contribution is -2.33. The molecule has 4 nitrogen and oxygen atoms in total. The molecule has 1 aliphatic rings. The summed E-state index contributed by atoms with van der Waals surface area (Å²) >= 11 is 6.23. The van der Waals surface area contributed by atoms with Crippen molar-refractivity contribution < 1.29 is 4.79 Å². The third-order valence-corrected chi connectivity index (χ3v) is 4.66. The second-order valence-corrected chi connectivity index (χ2v) is 6.43. The average molecular weight is 280 g/mol. The van der Waals surface area contributed by atoms with E-state index in [0.29, 0.717) is 17.9 Å². The van der Waals surface area contributed by atoms with E-state index in [1.807, 2.05) is 20.8 Å². The summed E-state index contributed by atoms with van der Waals surface area (Å²) in [5.41, 5.74) is 0.132. The van der Waals surface area contributed by atoms with Crippen molar-refractivity contribution in [3.63, 3.8) is 0 Å². The van der Waals surface area contributed by atoms with Gasteiger partial charge >= 0.3 is 0 Å². The maximum Gasteiger partial charge on any atom is 0.159 e. The molecular formula is C14H18ClN3O. The molecule has 0 aliphatic heterocycles. The van der Waals surface area contributed by atoms with Gasteiger partial charge in [-0.25, -0.2) is 0 Å². The van der Waals surface area contributed by atoms with Gasteiger partial charge in [0.15, 0.2) is 5.78 Å². The van der Waals surface area contributed by atoms with Gasteiger partial charge in [0.2, 0.25) is 0 Å². The fraction of sp³-hybridized carbons (Fsp3) is 0.643. The van der Waals surface area contributed by atoms with Gasteiger partial charge in [0.1, 0.15) is 5.41 Å². The number of nitrogens with zero attached hydrogens (tertiary/aromatic N) is 3. The molecule has 19 heavy (non-hydrogen) atoms. The van der Waals surface area contributed by atoms with Crippen LogP contribution in [0.15, 0.2) is 0 Å². The van der Waals surface area contributed by atoms with Gasteiger partial charge in [0, 0.05) is 18.9 Å². The largest absolute Gasteiger partial charge is 0.297 e. The van der Waals surface area contributed by atoms with E-state index in [-0.39, 0.29) is 5.78 Å². The van der Waals surface area contributed by atoms with Crippen molar-refractivity contribution in [1.82, 2.24) is 9.78 Å². The predicted octanol–water partition coefficient (Wildman–Crippen LogP) is 2.82. The topological polar surface area (TPSA) is 58.7 Å². The van der Waals surface area contributed by atoms with Crippen molar-refractivity contribution in [2.45, 2.75) is 40.0 Å². The summed E-state index contributed by atoms with van der Waals surface area (Å²) in [7, 11) is 1.80. The summed E-state index contributed by atoms with van der Waals surface area (Å²) in [5.74, 6) is 0.0254. The van der Waals surface area contributed by atoms with Crippen LogP contribution in [0.25, 0.3) is 0 Å². The number of carbonyl (C=O) groups excluding carboxylic acids is 1. The lowest BCUT2D eigenvalue weighted by molar-refractivity contribution is -0.130. The molecule has 1 atom stereocenters. The molecule has 1 unspecified atom stereocenters. The number of hydrogen-bond acceptors (Lipinski definition) is 3. The molecular weight excluding hydrogens is 262 g/mol. The van der Waals surface area contributed by atoms with Gasteiger partial charge < -0.3 is 0 Å². The van der Waals surface area contributed by atoms with Crippen LogP contribution in [0.3, 0.4) is 0 Å². The molecule has 1 aromatic rings. The molecule has 5 heteroatoms. The fourth-order valence-electron chi connectivity index (χ4n) is 2.87. The zero-order valence-corrected chi connectivity index (χ0v) is 12.5. The Kier molecular flexibility index (Phi) is 3.22. The number of rotatable bonds is 2. The van der Waals surface area contributed by atoms with E-state index in [2.05, 4.69) is 11.2 Å². The fourth-order valence-corrected chi connectivity index (χ4v) is 3.10. The highest BCUT2D eigenvalue weighted by molar-refractivity contribution is 6.31. The second kappa shape index (κ2) is 4.35. The summed E-state index contributed by atoms with van der Waals surface area (Å²) in [6, 6.07) is 2.25. The zero-order chi connectivity index (χ0) is 14.4. The van der Waals surface area contributed by atoms with E-state index in [1.165, 1.54) is 0 Å². The molecule has 1 aromatic heterocycles. The third-order valence-electron chi connectivity index (χ3n) is 4.17. The predicted molar refractivity (Wildman–Crippen MR) is 72.7 cm³/mol. The van der Waals surface area contributed by atoms with E-state index in [0.717, 1.165) is 17.8 Å². The maximum absolute atomic E-state index is 12.5. The number of ketones is 1. The van der Waals surface area contributed by atoms with Crippen LogP contribution in [0.1, 0.15) is 38.1 Å². The highest BCUT2D eigenvalue weighted by atomic mass is 35.5. The summed E-state index contributed by atoms with van der Waals surface area (Å²) in [5, 5.41) is 14.3. The Morgan fingerprint density at radius 1 is 1.47 bits per heavy atom.